The summed E-state index contributed by atoms with van der Waals surface area (Å²) >= 11 is 0. The van der Waals surface area contributed by atoms with Crippen molar-refractivity contribution in [2.75, 3.05) is 34.4 Å². The Morgan fingerprint density at radius 2 is 1.75 bits per heavy atom. The summed E-state index contributed by atoms with van der Waals surface area (Å²) in [7, 11) is 4.79. The molecule has 1 aliphatic rings. The van der Waals surface area contributed by atoms with Crippen LogP contribution in [0.25, 0.3) is 0 Å². The van der Waals surface area contributed by atoms with E-state index in [-0.39, 0.29) is 12.0 Å². The maximum absolute atomic E-state index is 11.6. The van der Waals surface area contributed by atoms with Crippen LogP contribution in [0.3, 0.4) is 0 Å². The summed E-state index contributed by atoms with van der Waals surface area (Å²) in [5.74, 6) is 0.627. The van der Waals surface area contributed by atoms with Crippen molar-refractivity contribution in [3.8, 4) is 17.2 Å². The summed E-state index contributed by atoms with van der Waals surface area (Å²) in [6, 6.07) is 13.8. The molecule has 2 unspecified atom stereocenters. The summed E-state index contributed by atoms with van der Waals surface area (Å²) in [6.45, 7) is 1.31. The number of piperidine rings is 1. The first-order valence-electron chi connectivity index (χ1n) is 9.41. The van der Waals surface area contributed by atoms with Crippen LogP contribution in [-0.2, 0) is 4.79 Å². The van der Waals surface area contributed by atoms with E-state index in [1.807, 2.05) is 30.3 Å². The van der Waals surface area contributed by atoms with E-state index in [4.69, 9.17) is 14.2 Å². The topological polar surface area (TPSA) is 68.2 Å². The van der Waals surface area contributed by atoms with Gasteiger partial charge in [-0.2, -0.15) is 0 Å². The van der Waals surface area contributed by atoms with E-state index in [0.29, 0.717) is 30.2 Å². The van der Waals surface area contributed by atoms with Crippen molar-refractivity contribution in [1.82, 2.24) is 4.90 Å². The number of ether oxygens (including phenoxy) is 3. The molecule has 150 valence electrons. The zero-order valence-corrected chi connectivity index (χ0v) is 16.6. The Morgan fingerprint density at radius 1 is 1.04 bits per heavy atom. The molecule has 0 amide bonds. The number of hydrogen-bond donors (Lipinski definition) is 1. The van der Waals surface area contributed by atoms with Crippen molar-refractivity contribution >= 4 is 5.97 Å². The fraction of sp³-hybridized carbons (Fsp3) is 0.409. The lowest BCUT2D eigenvalue weighted by Crippen LogP contribution is -2.41. The number of carbonyl (C=O) groups is 1. The zero-order chi connectivity index (χ0) is 20.1. The molecule has 1 fully saturated rings. The minimum absolute atomic E-state index is 0.141. The van der Waals surface area contributed by atoms with E-state index < -0.39 is 5.97 Å². The first-order chi connectivity index (χ1) is 13.6. The second-order valence-electron chi connectivity index (χ2n) is 6.91. The molecule has 2 atom stereocenters. The van der Waals surface area contributed by atoms with Crippen LogP contribution < -0.4 is 14.2 Å². The number of hydrogen-bond acceptors (Lipinski definition) is 5. The molecular weight excluding hydrogens is 358 g/mol. The van der Waals surface area contributed by atoms with Crippen LogP contribution in [0, 0.1) is 5.92 Å². The molecule has 1 N–H and O–H groups in total. The average Bonchev–Trinajstić information content (AvgIpc) is 2.74. The van der Waals surface area contributed by atoms with Gasteiger partial charge in [-0.1, -0.05) is 30.3 Å². The van der Waals surface area contributed by atoms with Crippen LogP contribution >= 0.6 is 0 Å². The SMILES string of the molecule is COc1ccc(C(c2ccccc2)N2CCCC(C(=O)O)C2)c(OC)c1OC. The Hall–Kier alpha value is -2.73. The molecule has 1 aliphatic heterocycles. The Labute approximate surface area is 165 Å². The van der Waals surface area contributed by atoms with Crippen LogP contribution in [-0.4, -0.2) is 50.4 Å². The predicted octanol–water partition coefficient (Wildman–Crippen LogP) is 3.60. The summed E-state index contributed by atoms with van der Waals surface area (Å²) in [4.78, 5) is 13.8. The monoisotopic (exact) mass is 385 g/mol. The van der Waals surface area contributed by atoms with Crippen LogP contribution in [0.1, 0.15) is 30.0 Å². The Kier molecular flexibility index (Phi) is 6.41. The minimum atomic E-state index is -0.740. The molecule has 28 heavy (non-hydrogen) atoms. The number of methoxy groups -OCH3 is 3. The van der Waals surface area contributed by atoms with E-state index >= 15 is 0 Å². The van der Waals surface area contributed by atoms with Gasteiger partial charge in [0.2, 0.25) is 5.75 Å². The number of aliphatic carboxylic acids is 1. The maximum Gasteiger partial charge on any atom is 0.307 e. The number of nitrogens with zero attached hydrogens (tertiary/aromatic N) is 1. The van der Waals surface area contributed by atoms with Gasteiger partial charge in [-0.3, -0.25) is 9.69 Å². The quantitative estimate of drug-likeness (QED) is 0.785. The van der Waals surface area contributed by atoms with Gasteiger partial charge in [-0.15, -0.1) is 0 Å². The summed E-state index contributed by atoms with van der Waals surface area (Å²) in [6.07, 6.45) is 1.55. The van der Waals surface area contributed by atoms with Crippen LogP contribution in [0.2, 0.25) is 0 Å². The van der Waals surface area contributed by atoms with E-state index in [2.05, 4.69) is 17.0 Å². The summed E-state index contributed by atoms with van der Waals surface area (Å²) in [5.41, 5.74) is 2.01. The smallest absolute Gasteiger partial charge is 0.307 e. The molecule has 3 rings (SSSR count). The molecule has 6 heteroatoms. The van der Waals surface area contributed by atoms with Gasteiger partial charge in [0.1, 0.15) is 0 Å². The third kappa shape index (κ3) is 3.92. The molecule has 6 nitrogen and oxygen atoms in total. The molecule has 2 aromatic rings. The Bertz CT molecular complexity index is 808. The van der Waals surface area contributed by atoms with E-state index in [1.54, 1.807) is 21.3 Å². The van der Waals surface area contributed by atoms with Gasteiger partial charge >= 0.3 is 5.97 Å². The maximum atomic E-state index is 11.6. The zero-order valence-electron chi connectivity index (χ0n) is 16.6. The van der Waals surface area contributed by atoms with Gasteiger partial charge in [-0.25, -0.2) is 0 Å². The van der Waals surface area contributed by atoms with Crippen LogP contribution in [0.5, 0.6) is 17.2 Å². The normalized spacial score (nSPS) is 18.3. The molecule has 1 heterocycles. The molecule has 0 aromatic heterocycles. The first-order valence-corrected chi connectivity index (χ1v) is 9.41. The lowest BCUT2D eigenvalue weighted by molar-refractivity contribution is -0.143. The van der Waals surface area contributed by atoms with Crippen LogP contribution in [0.4, 0.5) is 0 Å². The Morgan fingerprint density at radius 3 is 2.36 bits per heavy atom. The third-order valence-corrected chi connectivity index (χ3v) is 5.31. The highest BCUT2D eigenvalue weighted by atomic mass is 16.5. The summed E-state index contributed by atoms with van der Waals surface area (Å²) in [5, 5.41) is 9.54. The van der Waals surface area contributed by atoms with E-state index in [9.17, 15) is 9.90 Å². The fourth-order valence-electron chi connectivity index (χ4n) is 4.00. The molecule has 0 bridgehead atoms. The fourth-order valence-corrected chi connectivity index (χ4v) is 4.00. The highest BCUT2D eigenvalue weighted by Gasteiger charge is 2.33. The standard InChI is InChI=1S/C22H27NO5/c1-26-18-12-11-17(20(27-2)21(18)28-3)19(15-8-5-4-6-9-15)23-13-7-10-16(14-23)22(24)25/h4-6,8-9,11-12,16,19H,7,10,13-14H2,1-3H3,(H,24,25). The molecule has 0 spiro atoms. The number of likely N-dealkylation sites (tertiary alicyclic amines) is 1. The van der Waals surface area contributed by atoms with Crippen LogP contribution in [0.15, 0.2) is 42.5 Å². The predicted molar refractivity (Wildman–Crippen MR) is 106 cm³/mol. The van der Waals surface area contributed by atoms with Gasteiger partial charge in [0.15, 0.2) is 11.5 Å². The number of carboxylic acid groups (broad SMARTS) is 1. The van der Waals surface area contributed by atoms with Gasteiger partial charge in [0, 0.05) is 12.1 Å². The first kappa shape index (κ1) is 20.0. The van der Waals surface area contributed by atoms with Crippen molar-refractivity contribution in [1.29, 1.82) is 0 Å². The molecule has 0 saturated carbocycles. The Balaban J connectivity index is 2.12. The minimum Gasteiger partial charge on any atom is -0.493 e. The molecule has 0 aliphatic carbocycles. The molecule has 1 saturated heterocycles. The van der Waals surface area contributed by atoms with E-state index in [1.165, 1.54) is 0 Å². The average molecular weight is 385 g/mol. The van der Waals surface area contributed by atoms with Gasteiger partial charge in [0.05, 0.1) is 33.3 Å². The number of rotatable bonds is 7. The second kappa shape index (κ2) is 8.97. The lowest BCUT2D eigenvalue weighted by Gasteiger charge is -2.38. The second-order valence-corrected chi connectivity index (χ2v) is 6.91. The molecule has 2 aromatic carbocycles. The molecular formula is C22H27NO5. The van der Waals surface area contributed by atoms with E-state index in [0.717, 1.165) is 24.1 Å². The van der Waals surface area contributed by atoms with Gasteiger partial charge in [-0.05, 0) is 37.1 Å². The summed E-state index contributed by atoms with van der Waals surface area (Å²) < 4.78 is 16.7. The van der Waals surface area contributed by atoms with Gasteiger partial charge in [0.25, 0.3) is 0 Å². The number of carboxylic acids is 1. The van der Waals surface area contributed by atoms with Crippen molar-refractivity contribution < 1.29 is 24.1 Å². The highest BCUT2D eigenvalue weighted by Crippen LogP contribution is 2.45. The lowest BCUT2D eigenvalue weighted by atomic mass is 9.90. The highest BCUT2D eigenvalue weighted by molar-refractivity contribution is 5.70. The van der Waals surface area contributed by atoms with Crippen molar-refractivity contribution in [2.24, 2.45) is 5.92 Å². The number of benzene rings is 2. The van der Waals surface area contributed by atoms with Gasteiger partial charge < -0.3 is 19.3 Å². The van der Waals surface area contributed by atoms with Crippen molar-refractivity contribution in [3.05, 3.63) is 53.6 Å². The van der Waals surface area contributed by atoms with Crippen molar-refractivity contribution in [3.63, 3.8) is 0 Å². The molecule has 0 radical (unpaired) electrons. The largest absolute Gasteiger partial charge is 0.493 e. The van der Waals surface area contributed by atoms with Crippen molar-refractivity contribution in [2.45, 2.75) is 18.9 Å². The third-order valence-electron chi connectivity index (χ3n) is 5.31.